The highest BCUT2D eigenvalue weighted by molar-refractivity contribution is 5.70. The molecule has 0 bridgehead atoms. The molecule has 1 aromatic rings. The number of carboxylic acids is 1. The SMILES string of the molecule is Cc1cc(CN)ccc1CC(=O)O. The Hall–Kier alpha value is -1.35. The Balaban J connectivity index is 2.91. The van der Waals surface area contributed by atoms with Gasteiger partial charge in [0, 0.05) is 6.54 Å². The lowest BCUT2D eigenvalue weighted by molar-refractivity contribution is -0.136. The summed E-state index contributed by atoms with van der Waals surface area (Å²) in [4.78, 5) is 10.5. The molecule has 0 aliphatic rings. The lowest BCUT2D eigenvalue weighted by atomic mass is 10.0. The van der Waals surface area contributed by atoms with E-state index in [0.717, 1.165) is 16.7 Å². The second kappa shape index (κ2) is 4.05. The van der Waals surface area contributed by atoms with Gasteiger partial charge in [0.25, 0.3) is 0 Å². The Bertz CT molecular complexity index is 321. The fourth-order valence-electron chi connectivity index (χ4n) is 1.25. The standard InChI is InChI=1S/C10H13NO2/c1-7-4-8(6-11)2-3-9(7)5-10(12)13/h2-4H,5-6,11H2,1H3,(H,12,13). The molecule has 0 spiro atoms. The van der Waals surface area contributed by atoms with E-state index in [0.29, 0.717) is 6.54 Å². The Morgan fingerprint density at radius 2 is 2.23 bits per heavy atom. The van der Waals surface area contributed by atoms with E-state index in [4.69, 9.17) is 10.8 Å². The maximum Gasteiger partial charge on any atom is 0.307 e. The van der Waals surface area contributed by atoms with Gasteiger partial charge in [-0.25, -0.2) is 0 Å². The van der Waals surface area contributed by atoms with Crippen molar-refractivity contribution in [1.29, 1.82) is 0 Å². The second-order valence-electron chi connectivity index (χ2n) is 3.04. The first-order valence-corrected chi connectivity index (χ1v) is 4.13. The molecule has 3 nitrogen and oxygen atoms in total. The fourth-order valence-corrected chi connectivity index (χ4v) is 1.25. The molecular weight excluding hydrogens is 166 g/mol. The quantitative estimate of drug-likeness (QED) is 0.729. The molecule has 0 atom stereocenters. The Morgan fingerprint density at radius 3 is 2.69 bits per heavy atom. The lowest BCUT2D eigenvalue weighted by Gasteiger charge is -2.04. The van der Waals surface area contributed by atoms with Crippen molar-refractivity contribution in [3.8, 4) is 0 Å². The van der Waals surface area contributed by atoms with Gasteiger partial charge in [0.2, 0.25) is 0 Å². The summed E-state index contributed by atoms with van der Waals surface area (Å²) in [5, 5.41) is 8.59. The average molecular weight is 179 g/mol. The predicted octanol–water partition coefficient (Wildman–Crippen LogP) is 1.08. The maximum atomic E-state index is 10.5. The Morgan fingerprint density at radius 1 is 1.54 bits per heavy atom. The van der Waals surface area contributed by atoms with Crippen molar-refractivity contribution in [2.75, 3.05) is 0 Å². The highest BCUT2D eigenvalue weighted by Crippen LogP contribution is 2.11. The first-order valence-electron chi connectivity index (χ1n) is 4.13. The Labute approximate surface area is 77.2 Å². The molecule has 0 aromatic heterocycles. The van der Waals surface area contributed by atoms with E-state index in [1.807, 2.05) is 25.1 Å². The van der Waals surface area contributed by atoms with Gasteiger partial charge < -0.3 is 10.8 Å². The van der Waals surface area contributed by atoms with E-state index in [-0.39, 0.29) is 6.42 Å². The van der Waals surface area contributed by atoms with Crippen LogP contribution in [0.4, 0.5) is 0 Å². The van der Waals surface area contributed by atoms with Crippen LogP contribution in [0, 0.1) is 6.92 Å². The van der Waals surface area contributed by atoms with Crippen molar-refractivity contribution < 1.29 is 9.90 Å². The summed E-state index contributed by atoms with van der Waals surface area (Å²) in [6.07, 6.45) is 0.0800. The van der Waals surface area contributed by atoms with Crippen LogP contribution in [0.15, 0.2) is 18.2 Å². The number of carbonyl (C=O) groups is 1. The van der Waals surface area contributed by atoms with E-state index >= 15 is 0 Å². The first kappa shape index (κ1) is 9.74. The van der Waals surface area contributed by atoms with Gasteiger partial charge >= 0.3 is 5.97 Å². The minimum absolute atomic E-state index is 0.0800. The van der Waals surface area contributed by atoms with Gasteiger partial charge in [0.05, 0.1) is 6.42 Å². The van der Waals surface area contributed by atoms with Crippen molar-refractivity contribution in [3.05, 3.63) is 34.9 Å². The molecule has 70 valence electrons. The van der Waals surface area contributed by atoms with Crippen molar-refractivity contribution in [1.82, 2.24) is 0 Å². The van der Waals surface area contributed by atoms with Crippen LogP contribution < -0.4 is 5.73 Å². The van der Waals surface area contributed by atoms with Gasteiger partial charge in [-0.3, -0.25) is 4.79 Å². The minimum Gasteiger partial charge on any atom is -0.481 e. The molecule has 0 saturated heterocycles. The number of nitrogens with two attached hydrogens (primary N) is 1. The molecule has 3 heteroatoms. The molecule has 0 radical (unpaired) electrons. The van der Waals surface area contributed by atoms with Crippen molar-refractivity contribution >= 4 is 5.97 Å². The summed E-state index contributed by atoms with van der Waals surface area (Å²) in [5.74, 6) is -0.802. The highest BCUT2D eigenvalue weighted by atomic mass is 16.4. The Kier molecular flexibility index (Phi) is 3.03. The third kappa shape index (κ3) is 2.56. The topological polar surface area (TPSA) is 63.3 Å². The molecule has 0 amide bonds. The summed E-state index contributed by atoms with van der Waals surface area (Å²) >= 11 is 0. The van der Waals surface area contributed by atoms with Crippen LogP contribution in [0.25, 0.3) is 0 Å². The number of hydrogen-bond donors (Lipinski definition) is 2. The zero-order valence-electron chi connectivity index (χ0n) is 7.58. The highest BCUT2D eigenvalue weighted by Gasteiger charge is 2.03. The van der Waals surface area contributed by atoms with E-state index in [2.05, 4.69) is 0 Å². The molecule has 0 aliphatic carbocycles. The summed E-state index contributed by atoms with van der Waals surface area (Å²) in [6, 6.07) is 5.62. The largest absolute Gasteiger partial charge is 0.481 e. The third-order valence-corrected chi connectivity index (χ3v) is 1.98. The number of aryl methyl sites for hydroxylation is 1. The first-order chi connectivity index (χ1) is 6.13. The zero-order valence-corrected chi connectivity index (χ0v) is 7.58. The van der Waals surface area contributed by atoms with Crippen LogP contribution >= 0.6 is 0 Å². The molecule has 13 heavy (non-hydrogen) atoms. The van der Waals surface area contributed by atoms with Crippen LogP contribution in [-0.2, 0) is 17.8 Å². The summed E-state index contributed by atoms with van der Waals surface area (Å²) in [7, 11) is 0. The normalized spacial score (nSPS) is 10.0. The van der Waals surface area contributed by atoms with E-state index in [1.54, 1.807) is 0 Å². The molecule has 0 fully saturated rings. The van der Waals surface area contributed by atoms with Gasteiger partial charge in [-0.15, -0.1) is 0 Å². The molecule has 3 N–H and O–H groups in total. The summed E-state index contributed by atoms with van der Waals surface area (Å²) in [6.45, 7) is 2.39. The van der Waals surface area contributed by atoms with Crippen LogP contribution in [-0.4, -0.2) is 11.1 Å². The van der Waals surface area contributed by atoms with Crippen LogP contribution in [0.3, 0.4) is 0 Å². The van der Waals surface area contributed by atoms with Crippen LogP contribution in [0.1, 0.15) is 16.7 Å². The number of rotatable bonds is 3. The number of aliphatic carboxylic acids is 1. The molecule has 0 saturated carbocycles. The summed E-state index contributed by atoms with van der Waals surface area (Å²) < 4.78 is 0. The summed E-state index contributed by atoms with van der Waals surface area (Å²) in [5.41, 5.74) is 8.33. The van der Waals surface area contributed by atoms with Gasteiger partial charge in [-0.2, -0.15) is 0 Å². The second-order valence-corrected chi connectivity index (χ2v) is 3.04. The van der Waals surface area contributed by atoms with Crippen molar-refractivity contribution in [2.45, 2.75) is 19.9 Å². The number of benzene rings is 1. The molecular formula is C10H13NO2. The van der Waals surface area contributed by atoms with Crippen molar-refractivity contribution in [2.24, 2.45) is 5.73 Å². The minimum atomic E-state index is -0.802. The van der Waals surface area contributed by atoms with Crippen molar-refractivity contribution in [3.63, 3.8) is 0 Å². The van der Waals surface area contributed by atoms with E-state index < -0.39 is 5.97 Å². The zero-order chi connectivity index (χ0) is 9.84. The van der Waals surface area contributed by atoms with Gasteiger partial charge in [-0.05, 0) is 23.6 Å². The van der Waals surface area contributed by atoms with E-state index in [9.17, 15) is 4.79 Å². The van der Waals surface area contributed by atoms with Gasteiger partial charge in [0.15, 0.2) is 0 Å². The molecule has 0 unspecified atom stereocenters. The fraction of sp³-hybridized carbons (Fsp3) is 0.300. The lowest BCUT2D eigenvalue weighted by Crippen LogP contribution is -2.03. The molecule has 1 aromatic carbocycles. The van der Waals surface area contributed by atoms with Gasteiger partial charge in [0.1, 0.15) is 0 Å². The number of hydrogen-bond acceptors (Lipinski definition) is 2. The predicted molar refractivity (Wildman–Crippen MR) is 50.4 cm³/mol. The van der Waals surface area contributed by atoms with E-state index in [1.165, 1.54) is 0 Å². The molecule has 1 rings (SSSR count). The van der Waals surface area contributed by atoms with Gasteiger partial charge in [-0.1, -0.05) is 18.2 Å². The van der Waals surface area contributed by atoms with Crippen LogP contribution in [0.2, 0.25) is 0 Å². The number of carboxylic acid groups (broad SMARTS) is 1. The molecule has 0 aliphatic heterocycles. The smallest absolute Gasteiger partial charge is 0.307 e. The third-order valence-electron chi connectivity index (χ3n) is 1.98. The average Bonchev–Trinajstić information content (AvgIpc) is 2.08. The monoisotopic (exact) mass is 179 g/mol. The van der Waals surface area contributed by atoms with Crippen LogP contribution in [0.5, 0.6) is 0 Å². The molecule has 0 heterocycles. The maximum absolute atomic E-state index is 10.5.